The third kappa shape index (κ3) is 3.26. The van der Waals surface area contributed by atoms with Crippen LogP contribution in [0, 0.1) is 6.92 Å². The molecule has 0 bridgehead atoms. The van der Waals surface area contributed by atoms with Crippen molar-refractivity contribution in [1.82, 2.24) is 4.57 Å². The number of hydrogen-bond acceptors (Lipinski definition) is 2. The van der Waals surface area contributed by atoms with Gasteiger partial charge in [0.25, 0.3) is 5.82 Å². The maximum absolute atomic E-state index is 6.43. The Balaban J connectivity index is 2.40. The van der Waals surface area contributed by atoms with Crippen LogP contribution in [0.15, 0.2) is 36.4 Å². The molecule has 0 fully saturated rings. The number of hydrogen-bond donors (Lipinski definition) is 2. The summed E-state index contributed by atoms with van der Waals surface area (Å²) in [5.74, 6) is 0.938. The number of imidazole rings is 1. The Morgan fingerprint density at radius 1 is 1.17 bits per heavy atom. The molecule has 3 rings (SSSR count). The van der Waals surface area contributed by atoms with Gasteiger partial charge < -0.3 is 5.73 Å². The van der Waals surface area contributed by atoms with Gasteiger partial charge >= 0.3 is 0 Å². The van der Waals surface area contributed by atoms with Crippen molar-refractivity contribution in [3.63, 3.8) is 0 Å². The van der Waals surface area contributed by atoms with E-state index in [9.17, 15) is 0 Å². The number of halogens is 3. The lowest BCUT2D eigenvalue weighted by molar-refractivity contribution is -0.575. The van der Waals surface area contributed by atoms with E-state index in [1.54, 1.807) is 0 Å². The Hall–Kier alpha value is -0.910. The molecule has 2 N–H and O–H groups in total. The van der Waals surface area contributed by atoms with Crippen molar-refractivity contribution < 1.29 is 4.57 Å². The maximum Gasteiger partial charge on any atom is 0.259 e. The fourth-order valence-corrected chi connectivity index (χ4v) is 3.75. The van der Waals surface area contributed by atoms with Crippen LogP contribution >= 0.6 is 47.4 Å². The Bertz CT molecular complexity index is 909. The van der Waals surface area contributed by atoms with Crippen LogP contribution in [0.2, 0.25) is 15.1 Å². The van der Waals surface area contributed by atoms with E-state index < -0.39 is 4.87 Å². The molecule has 0 aliphatic rings. The fourth-order valence-electron chi connectivity index (χ4n) is 2.88. The van der Waals surface area contributed by atoms with Gasteiger partial charge in [0.2, 0.25) is 0 Å². The summed E-state index contributed by atoms with van der Waals surface area (Å²) in [5.41, 5.74) is 8.74. The van der Waals surface area contributed by atoms with Crippen molar-refractivity contribution >= 4 is 58.5 Å². The van der Waals surface area contributed by atoms with Gasteiger partial charge in [0.15, 0.2) is 16.7 Å². The van der Waals surface area contributed by atoms with Gasteiger partial charge in [-0.05, 0) is 31.2 Å². The third-order valence-electron chi connectivity index (χ3n) is 3.82. The monoisotopic (exact) mass is 400 g/mol. The van der Waals surface area contributed by atoms with Gasteiger partial charge in [0, 0.05) is 18.0 Å². The van der Waals surface area contributed by atoms with Crippen molar-refractivity contribution in [2.24, 2.45) is 5.73 Å². The molecule has 0 aliphatic heterocycles. The van der Waals surface area contributed by atoms with Crippen molar-refractivity contribution in [3.05, 3.63) is 57.3 Å². The highest BCUT2D eigenvalue weighted by atomic mass is 35.5. The summed E-state index contributed by atoms with van der Waals surface area (Å²) in [4.78, 5) is -0.668. The van der Waals surface area contributed by atoms with Gasteiger partial charge in [-0.1, -0.05) is 40.9 Å². The maximum atomic E-state index is 6.43. The molecular weight excluding hydrogens is 385 g/mol. The van der Waals surface area contributed by atoms with Gasteiger partial charge in [0.1, 0.15) is 6.54 Å². The molecule has 126 valence electrons. The van der Waals surface area contributed by atoms with E-state index in [0.717, 1.165) is 22.5 Å². The summed E-state index contributed by atoms with van der Waals surface area (Å²) < 4.78 is 4.10. The average Bonchev–Trinajstić information content (AvgIpc) is 2.71. The zero-order valence-corrected chi connectivity index (χ0v) is 16.4. The Kier molecular flexibility index (Phi) is 4.80. The summed E-state index contributed by atoms with van der Waals surface area (Å²) in [6.07, 6.45) is 0. The van der Waals surface area contributed by atoms with Crippen LogP contribution in [0.3, 0.4) is 0 Å². The van der Waals surface area contributed by atoms with Gasteiger partial charge in [-0.25, -0.2) is 4.57 Å². The van der Waals surface area contributed by atoms with Crippen LogP contribution in [0.25, 0.3) is 16.7 Å². The number of nitrogens with zero attached hydrogens (tertiary/aromatic N) is 2. The highest BCUT2D eigenvalue weighted by Gasteiger charge is 2.29. The number of para-hydroxylation sites is 1. The number of benzene rings is 2. The van der Waals surface area contributed by atoms with Crippen LogP contribution in [0.1, 0.15) is 12.7 Å². The summed E-state index contributed by atoms with van der Waals surface area (Å²) in [6.45, 7) is 4.38. The number of nitrogens with two attached hydrogens (primary N) is 1. The van der Waals surface area contributed by atoms with Crippen LogP contribution in [0.5, 0.6) is 0 Å². The second-order valence-electron chi connectivity index (χ2n) is 6.03. The second-order valence-corrected chi connectivity index (χ2v) is 8.30. The molecule has 1 unspecified atom stereocenters. The molecule has 0 aliphatic carbocycles. The molecule has 0 saturated heterocycles. The lowest BCUT2D eigenvalue weighted by Gasteiger charge is -2.15. The predicted octanol–water partition coefficient (Wildman–Crippen LogP) is 4.79. The molecule has 0 amide bonds. The van der Waals surface area contributed by atoms with E-state index in [-0.39, 0.29) is 0 Å². The largest absolute Gasteiger partial charge is 0.314 e. The first-order valence-electron chi connectivity index (χ1n) is 7.35. The average molecular weight is 402 g/mol. The molecule has 0 saturated carbocycles. The fraction of sp³-hybridized carbons (Fsp3) is 0.235. The molecule has 1 aromatic heterocycles. The minimum Gasteiger partial charge on any atom is -0.314 e. The van der Waals surface area contributed by atoms with Gasteiger partial charge in [-0.2, -0.15) is 17.2 Å². The van der Waals surface area contributed by atoms with Gasteiger partial charge in [0.05, 0.1) is 14.9 Å². The van der Waals surface area contributed by atoms with Crippen molar-refractivity contribution in [1.29, 1.82) is 0 Å². The molecule has 7 heteroatoms. The molecule has 2 aromatic carbocycles. The van der Waals surface area contributed by atoms with E-state index in [0.29, 0.717) is 21.6 Å². The molecule has 0 spiro atoms. The lowest BCUT2D eigenvalue weighted by Crippen LogP contribution is -2.38. The van der Waals surface area contributed by atoms with Crippen LogP contribution in [-0.4, -0.2) is 9.44 Å². The van der Waals surface area contributed by atoms with E-state index >= 15 is 0 Å². The quantitative estimate of drug-likeness (QED) is 0.369. The molecule has 0 radical (unpaired) electrons. The molecule has 24 heavy (non-hydrogen) atoms. The summed E-state index contributed by atoms with van der Waals surface area (Å²) in [7, 11) is 0. The van der Waals surface area contributed by atoms with Crippen molar-refractivity contribution in [2.45, 2.75) is 25.3 Å². The van der Waals surface area contributed by atoms with E-state index in [2.05, 4.69) is 17.2 Å². The van der Waals surface area contributed by atoms with E-state index in [1.807, 2.05) is 54.8 Å². The van der Waals surface area contributed by atoms with Crippen LogP contribution in [0.4, 0.5) is 0 Å². The SMILES string of the molecule is Cc1n(CC(C)(N)S)c2ccc(Cl)cc2[n+]1-c1c(Cl)cccc1Cl. The normalized spacial score (nSPS) is 14.1. The number of thiol groups is 1. The van der Waals surface area contributed by atoms with Crippen LogP contribution < -0.4 is 10.3 Å². The first-order valence-corrected chi connectivity index (χ1v) is 8.93. The highest BCUT2D eigenvalue weighted by molar-refractivity contribution is 7.81. The molecule has 3 aromatic rings. The predicted molar refractivity (Wildman–Crippen MR) is 105 cm³/mol. The van der Waals surface area contributed by atoms with Crippen LogP contribution in [-0.2, 0) is 6.54 Å². The first kappa shape index (κ1) is 17.9. The summed E-state index contributed by atoms with van der Waals surface area (Å²) in [5, 5.41) is 1.77. The molecule has 1 heterocycles. The van der Waals surface area contributed by atoms with E-state index in [1.165, 1.54) is 0 Å². The Morgan fingerprint density at radius 2 is 1.79 bits per heavy atom. The number of rotatable bonds is 3. The lowest BCUT2D eigenvalue weighted by atomic mass is 10.2. The van der Waals surface area contributed by atoms with Gasteiger partial charge in [-0.15, -0.1) is 0 Å². The Morgan fingerprint density at radius 3 is 2.38 bits per heavy atom. The molecule has 1 atom stereocenters. The van der Waals surface area contributed by atoms with Crippen molar-refractivity contribution in [2.75, 3.05) is 0 Å². The summed E-state index contributed by atoms with van der Waals surface area (Å²) >= 11 is 23.6. The third-order valence-corrected chi connectivity index (χ3v) is 4.81. The van der Waals surface area contributed by atoms with E-state index in [4.69, 9.17) is 40.5 Å². The topological polar surface area (TPSA) is 34.8 Å². The number of fused-ring (bicyclic) bond motifs is 1. The smallest absolute Gasteiger partial charge is 0.259 e. The standard InChI is InChI=1S/C17H16Cl3N3S/c1-10-22(9-17(2,21)24)14-7-6-11(18)8-15(14)23(10)16-12(19)4-3-5-13(16)20/h3-8H,9,21H2,1-2H3/p+1. The first-order chi connectivity index (χ1) is 11.2. The summed E-state index contributed by atoms with van der Waals surface area (Å²) in [6, 6.07) is 11.2. The highest BCUT2D eigenvalue weighted by Crippen LogP contribution is 2.29. The zero-order chi connectivity index (χ0) is 17.6. The molecular formula is C17H17Cl3N3S+. The molecule has 3 nitrogen and oxygen atoms in total. The van der Waals surface area contributed by atoms with Crippen molar-refractivity contribution in [3.8, 4) is 5.69 Å². The zero-order valence-electron chi connectivity index (χ0n) is 13.2. The minimum atomic E-state index is -0.668. The minimum absolute atomic E-state index is 0.523. The van der Waals surface area contributed by atoms with Gasteiger partial charge in [-0.3, -0.25) is 0 Å². The second kappa shape index (κ2) is 6.43. The number of aromatic nitrogens is 2. The Labute approximate surface area is 161 Å².